The zero-order valence-electron chi connectivity index (χ0n) is 8.55. The predicted octanol–water partition coefficient (Wildman–Crippen LogP) is 0.886. The third-order valence-corrected chi connectivity index (χ3v) is 2.89. The first-order valence-corrected chi connectivity index (χ1v) is 5.12. The molecule has 0 heterocycles. The van der Waals surface area contributed by atoms with E-state index in [9.17, 15) is 4.79 Å². The Morgan fingerprint density at radius 1 is 1.62 bits per heavy atom. The maximum atomic E-state index is 10.8. The van der Waals surface area contributed by atoms with E-state index in [1.165, 1.54) is 19.3 Å². The van der Waals surface area contributed by atoms with E-state index in [1.54, 1.807) is 0 Å². The van der Waals surface area contributed by atoms with Crippen molar-refractivity contribution in [1.82, 2.24) is 5.32 Å². The van der Waals surface area contributed by atoms with Crippen molar-refractivity contribution in [3.8, 4) is 0 Å². The third-order valence-electron chi connectivity index (χ3n) is 2.89. The molecular formula is C10H20N2O. The molecule has 0 bridgehead atoms. The molecule has 0 aromatic rings. The SMILES string of the molecule is CC1CCC(NCC(C)C(N)=O)C1. The highest BCUT2D eigenvalue weighted by Gasteiger charge is 2.21. The first kappa shape index (κ1) is 10.5. The highest BCUT2D eigenvalue weighted by molar-refractivity contribution is 5.76. The van der Waals surface area contributed by atoms with Crippen LogP contribution < -0.4 is 11.1 Å². The van der Waals surface area contributed by atoms with Gasteiger partial charge >= 0.3 is 0 Å². The van der Waals surface area contributed by atoms with Gasteiger partial charge < -0.3 is 11.1 Å². The number of hydrogen-bond acceptors (Lipinski definition) is 2. The van der Waals surface area contributed by atoms with Crippen molar-refractivity contribution in [3.63, 3.8) is 0 Å². The van der Waals surface area contributed by atoms with Crippen LogP contribution in [0.4, 0.5) is 0 Å². The summed E-state index contributed by atoms with van der Waals surface area (Å²) in [5.74, 6) is 0.579. The number of nitrogens with two attached hydrogens (primary N) is 1. The maximum Gasteiger partial charge on any atom is 0.221 e. The lowest BCUT2D eigenvalue weighted by Gasteiger charge is -2.14. The summed E-state index contributed by atoms with van der Waals surface area (Å²) in [6.07, 6.45) is 3.79. The molecule has 0 aromatic carbocycles. The van der Waals surface area contributed by atoms with E-state index in [0.717, 1.165) is 12.5 Å². The van der Waals surface area contributed by atoms with Crippen LogP contribution in [0.15, 0.2) is 0 Å². The standard InChI is InChI=1S/C10H20N2O/c1-7-3-4-9(5-7)12-6-8(2)10(11)13/h7-9,12H,3-6H2,1-2H3,(H2,11,13). The van der Waals surface area contributed by atoms with E-state index in [0.29, 0.717) is 6.04 Å². The zero-order valence-corrected chi connectivity index (χ0v) is 8.55. The summed E-state index contributed by atoms with van der Waals surface area (Å²) in [5.41, 5.74) is 5.17. The van der Waals surface area contributed by atoms with Crippen LogP contribution >= 0.6 is 0 Å². The lowest BCUT2D eigenvalue weighted by atomic mass is 10.1. The van der Waals surface area contributed by atoms with Gasteiger partial charge in [-0.2, -0.15) is 0 Å². The molecule has 1 saturated carbocycles. The Labute approximate surface area is 80.1 Å². The normalized spacial score (nSPS) is 30.3. The molecule has 3 heteroatoms. The minimum Gasteiger partial charge on any atom is -0.369 e. The minimum absolute atomic E-state index is 0.0455. The molecule has 0 saturated heterocycles. The van der Waals surface area contributed by atoms with Gasteiger partial charge in [0.05, 0.1) is 0 Å². The highest BCUT2D eigenvalue weighted by Crippen LogP contribution is 2.24. The van der Waals surface area contributed by atoms with Gasteiger partial charge in [0.25, 0.3) is 0 Å². The molecular weight excluding hydrogens is 164 g/mol. The second-order valence-corrected chi connectivity index (χ2v) is 4.33. The molecule has 1 amide bonds. The Morgan fingerprint density at radius 2 is 2.31 bits per heavy atom. The van der Waals surface area contributed by atoms with E-state index in [-0.39, 0.29) is 11.8 Å². The topological polar surface area (TPSA) is 55.1 Å². The fourth-order valence-electron chi connectivity index (χ4n) is 1.84. The molecule has 0 spiro atoms. The average molecular weight is 184 g/mol. The molecule has 13 heavy (non-hydrogen) atoms. The van der Waals surface area contributed by atoms with Gasteiger partial charge in [-0.1, -0.05) is 13.8 Å². The molecule has 1 aliphatic carbocycles. The van der Waals surface area contributed by atoms with Crippen molar-refractivity contribution in [2.45, 2.75) is 39.2 Å². The smallest absolute Gasteiger partial charge is 0.221 e. The van der Waals surface area contributed by atoms with Gasteiger partial charge in [0, 0.05) is 18.5 Å². The van der Waals surface area contributed by atoms with E-state index in [1.807, 2.05) is 6.92 Å². The lowest BCUT2D eigenvalue weighted by molar-refractivity contribution is -0.121. The van der Waals surface area contributed by atoms with Crippen LogP contribution in [0.2, 0.25) is 0 Å². The van der Waals surface area contributed by atoms with E-state index >= 15 is 0 Å². The van der Waals surface area contributed by atoms with Crippen molar-refractivity contribution in [3.05, 3.63) is 0 Å². The monoisotopic (exact) mass is 184 g/mol. The van der Waals surface area contributed by atoms with E-state index in [4.69, 9.17) is 5.73 Å². The molecule has 3 N–H and O–H groups in total. The van der Waals surface area contributed by atoms with Gasteiger partial charge in [0.1, 0.15) is 0 Å². The fourth-order valence-corrected chi connectivity index (χ4v) is 1.84. The molecule has 76 valence electrons. The number of carbonyl (C=O) groups excluding carboxylic acids is 1. The van der Waals surface area contributed by atoms with Crippen LogP contribution in [0.3, 0.4) is 0 Å². The maximum absolute atomic E-state index is 10.8. The molecule has 1 rings (SSSR count). The molecule has 3 atom stereocenters. The zero-order chi connectivity index (χ0) is 9.84. The summed E-state index contributed by atoms with van der Waals surface area (Å²) in [6, 6.07) is 0.608. The lowest BCUT2D eigenvalue weighted by Crippen LogP contribution is -2.35. The van der Waals surface area contributed by atoms with E-state index in [2.05, 4.69) is 12.2 Å². The van der Waals surface area contributed by atoms with Gasteiger partial charge in [-0.3, -0.25) is 4.79 Å². The Kier molecular flexibility index (Phi) is 3.72. The molecule has 3 unspecified atom stereocenters. The first-order valence-electron chi connectivity index (χ1n) is 5.12. The number of rotatable bonds is 4. The predicted molar refractivity (Wildman–Crippen MR) is 53.2 cm³/mol. The van der Waals surface area contributed by atoms with Crippen LogP contribution in [0, 0.1) is 11.8 Å². The number of amides is 1. The number of primary amides is 1. The number of carbonyl (C=O) groups is 1. The molecule has 0 aliphatic heterocycles. The first-order chi connectivity index (χ1) is 6.09. The van der Waals surface area contributed by atoms with E-state index < -0.39 is 0 Å². The minimum atomic E-state index is -0.210. The molecule has 0 radical (unpaired) electrons. The molecule has 3 nitrogen and oxygen atoms in total. The third kappa shape index (κ3) is 3.35. The van der Waals surface area contributed by atoms with Gasteiger partial charge in [0.15, 0.2) is 0 Å². The molecule has 1 fully saturated rings. The molecule has 1 aliphatic rings. The van der Waals surface area contributed by atoms with Crippen LogP contribution in [0.25, 0.3) is 0 Å². The summed E-state index contributed by atoms with van der Waals surface area (Å²) in [7, 11) is 0. The van der Waals surface area contributed by atoms with Crippen molar-refractivity contribution < 1.29 is 4.79 Å². The van der Waals surface area contributed by atoms with Crippen LogP contribution in [-0.4, -0.2) is 18.5 Å². The van der Waals surface area contributed by atoms with Crippen LogP contribution in [0.5, 0.6) is 0 Å². The van der Waals surface area contributed by atoms with Gasteiger partial charge in [0.2, 0.25) is 5.91 Å². The summed E-state index contributed by atoms with van der Waals surface area (Å²) in [4.78, 5) is 10.8. The Balaban J connectivity index is 2.16. The Hall–Kier alpha value is -0.570. The summed E-state index contributed by atoms with van der Waals surface area (Å²) in [6.45, 7) is 4.87. The second kappa shape index (κ2) is 4.61. The second-order valence-electron chi connectivity index (χ2n) is 4.33. The summed E-state index contributed by atoms with van der Waals surface area (Å²) < 4.78 is 0. The van der Waals surface area contributed by atoms with Gasteiger partial charge in [-0.05, 0) is 25.2 Å². The van der Waals surface area contributed by atoms with Crippen molar-refractivity contribution >= 4 is 5.91 Å². The van der Waals surface area contributed by atoms with Gasteiger partial charge in [-0.25, -0.2) is 0 Å². The summed E-state index contributed by atoms with van der Waals surface area (Å²) >= 11 is 0. The van der Waals surface area contributed by atoms with Crippen LogP contribution in [0.1, 0.15) is 33.1 Å². The summed E-state index contributed by atoms with van der Waals surface area (Å²) in [5, 5.41) is 3.39. The molecule has 0 aromatic heterocycles. The van der Waals surface area contributed by atoms with Gasteiger partial charge in [-0.15, -0.1) is 0 Å². The Morgan fingerprint density at radius 3 is 2.77 bits per heavy atom. The quantitative estimate of drug-likeness (QED) is 0.681. The van der Waals surface area contributed by atoms with Crippen LogP contribution in [-0.2, 0) is 4.79 Å². The average Bonchev–Trinajstić information content (AvgIpc) is 2.47. The number of nitrogens with one attached hydrogen (secondary N) is 1. The fraction of sp³-hybridized carbons (Fsp3) is 0.900. The van der Waals surface area contributed by atoms with Crippen molar-refractivity contribution in [1.29, 1.82) is 0 Å². The highest BCUT2D eigenvalue weighted by atomic mass is 16.1. The van der Waals surface area contributed by atoms with Crippen molar-refractivity contribution in [2.75, 3.05) is 6.54 Å². The number of hydrogen-bond donors (Lipinski definition) is 2. The largest absolute Gasteiger partial charge is 0.369 e. The Bertz CT molecular complexity index is 182. The van der Waals surface area contributed by atoms with Crippen molar-refractivity contribution in [2.24, 2.45) is 17.6 Å².